The molecule has 0 aliphatic heterocycles. The predicted molar refractivity (Wildman–Crippen MR) is 36.2 cm³/mol. The SMILES string of the molecule is [c]1ccc2cnncc2n1. The van der Waals surface area contributed by atoms with Crippen molar-refractivity contribution in [1.29, 1.82) is 0 Å². The van der Waals surface area contributed by atoms with E-state index in [2.05, 4.69) is 21.4 Å². The maximum atomic E-state index is 3.95. The van der Waals surface area contributed by atoms with Crippen LogP contribution in [0.5, 0.6) is 0 Å². The second kappa shape index (κ2) is 2.02. The Bertz CT molecular complexity index is 280. The summed E-state index contributed by atoms with van der Waals surface area (Å²) in [6.07, 6.45) is 6.01. The molecule has 0 bridgehead atoms. The Kier molecular flexibility index (Phi) is 1.07. The van der Waals surface area contributed by atoms with Gasteiger partial charge in [-0.25, -0.2) is 4.98 Å². The molecule has 0 aliphatic rings. The van der Waals surface area contributed by atoms with Crippen molar-refractivity contribution in [2.75, 3.05) is 0 Å². The van der Waals surface area contributed by atoms with Crippen LogP contribution in [0.4, 0.5) is 0 Å². The molecule has 0 fully saturated rings. The molecule has 2 aromatic heterocycles. The van der Waals surface area contributed by atoms with Gasteiger partial charge < -0.3 is 0 Å². The van der Waals surface area contributed by atoms with Crippen LogP contribution in [0.15, 0.2) is 24.5 Å². The first-order chi connectivity index (χ1) is 4.97. The topological polar surface area (TPSA) is 38.7 Å². The molecular weight excluding hydrogens is 126 g/mol. The zero-order chi connectivity index (χ0) is 6.81. The van der Waals surface area contributed by atoms with Gasteiger partial charge in [0.1, 0.15) is 0 Å². The van der Waals surface area contributed by atoms with Crippen LogP contribution < -0.4 is 0 Å². The molecule has 3 nitrogen and oxygen atoms in total. The highest BCUT2D eigenvalue weighted by molar-refractivity contribution is 5.75. The summed E-state index contributed by atoms with van der Waals surface area (Å²) < 4.78 is 0. The third kappa shape index (κ3) is 0.719. The lowest BCUT2D eigenvalue weighted by atomic mass is 10.3. The summed E-state index contributed by atoms with van der Waals surface area (Å²) in [6, 6.07) is 3.65. The first-order valence-electron chi connectivity index (χ1n) is 2.90. The van der Waals surface area contributed by atoms with E-state index in [1.165, 1.54) is 0 Å². The maximum Gasteiger partial charge on any atom is 0.0927 e. The van der Waals surface area contributed by atoms with Gasteiger partial charge in [-0.2, -0.15) is 10.2 Å². The van der Waals surface area contributed by atoms with Crippen molar-refractivity contribution in [3.8, 4) is 0 Å². The van der Waals surface area contributed by atoms with Crippen LogP contribution in [0.25, 0.3) is 10.9 Å². The Morgan fingerprint density at radius 2 is 2.10 bits per heavy atom. The van der Waals surface area contributed by atoms with E-state index >= 15 is 0 Å². The van der Waals surface area contributed by atoms with Crippen LogP contribution in [-0.4, -0.2) is 15.2 Å². The molecule has 3 heteroatoms. The van der Waals surface area contributed by atoms with Crippen molar-refractivity contribution in [3.63, 3.8) is 0 Å². The van der Waals surface area contributed by atoms with Gasteiger partial charge in [0, 0.05) is 5.39 Å². The first kappa shape index (κ1) is 5.29. The van der Waals surface area contributed by atoms with Gasteiger partial charge in [-0.3, -0.25) is 0 Å². The van der Waals surface area contributed by atoms with E-state index in [1.807, 2.05) is 6.07 Å². The zero-order valence-electron chi connectivity index (χ0n) is 5.15. The summed E-state index contributed by atoms with van der Waals surface area (Å²) in [6.45, 7) is 0. The van der Waals surface area contributed by atoms with E-state index in [-0.39, 0.29) is 0 Å². The molecule has 0 N–H and O–H groups in total. The molecular formula is C7H4N3. The highest BCUT2D eigenvalue weighted by Crippen LogP contribution is 2.04. The van der Waals surface area contributed by atoms with Gasteiger partial charge in [-0.1, -0.05) is 0 Å². The lowest BCUT2D eigenvalue weighted by Gasteiger charge is -1.89. The Balaban J connectivity index is 2.89. The molecule has 47 valence electrons. The number of hydrogen-bond acceptors (Lipinski definition) is 3. The molecule has 0 saturated heterocycles. The van der Waals surface area contributed by atoms with E-state index in [0.717, 1.165) is 10.9 Å². The van der Waals surface area contributed by atoms with Crippen molar-refractivity contribution >= 4 is 10.9 Å². The van der Waals surface area contributed by atoms with Gasteiger partial charge in [-0.15, -0.1) is 0 Å². The number of pyridine rings is 1. The van der Waals surface area contributed by atoms with Gasteiger partial charge in [0.05, 0.1) is 24.1 Å². The first-order valence-corrected chi connectivity index (χ1v) is 2.90. The average Bonchev–Trinajstić information content (AvgIpc) is 2.05. The van der Waals surface area contributed by atoms with E-state index in [9.17, 15) is 0 Å². The van der Waals surface area contributed by atoms with Crippen molar-refractivity contribution in [2.24, 2.45) is 0 Å². The zero-order valence-corrected chi connectivity index (χ0v) is 5.15. The summed E-state index contributed by atoms with van der Waals surface area (Å²) in [5.74, 6) is 0. The van der Waals surface area contributed by atoms with E-state index in [0.29, 0.717) is 0 Å². The van der Waals surface area contributed by atoms with Crippen molar-refractivity contribution in [2.45, 2.75) is 0 Å². The smallest absolute Gasteiger partial charge is 0.0927 e. The number of fused-ring (bicyclic) bond motifs is 1. The van der Waals surface area contributed by atoms with Gasteiger partial charge in [0.15, 0.2) is 0 Å². The summed E-state index contributed by atoms with van der Waals surface area (Å²) >= 11 is 0. The summed E-state index contributed by atoms with van der Waals surface area (Å²) in [7, 11) is 0. The lowest BCUT2D eigenvalue weighted by Crippen LogP contribution is -1.81. The lowest BCUT2D eigenvalue weighted by molar-refractivity contribution is 1.04. The molecule has 1 radical (unpaired) electrons. The Hall–Kier alpha value is -1.51. The molecule has 2 rings (SSSR count). The Morgan fingerprint density at radius 1 is 1.20 bits per heavy atom. The summed E-state index contributed by atoms with van der Waals surface area (Å²) in [5, 5.41) is 8.38. The van der Waals surface area contributed by atoms with Crippen LogP contribution in [0.1, 0.15) is 0 Å². The standard InChI is InChI=1S/C7H4N3/c1-2-6-4-9-10-5-7(6)8-3-1/h1-2,4-5H. The third-order valence-electron chi connectivity index (χ3n) is 1.26. The largest absolute Gasteiger partial charge is 0.244 e. The molecule has 0 aromatic carbocycles. The quantitative estimate of drug-likeness (QED) is 0.530. The predicted octanol–water partition coefficient (Wildman–Crippen LogP) is 0.825. The highest BCUT2D eigenvalue weighted by Gasteiger charge is 1.89. The molecule has 0 amide bonds. The number of aromatic nitrogens is 3. The minimum atomic E-state index is 0.831. The monoisotopic (exact) mass is 130 g/mol. The van der Waals surface area contributed by atoms with Crippen LogP contribution in [0, 0.1) is 6.20 Å². The minimum Gasteiger partial charge on any atom is -0.244 e. The molecule has 0 atom stereocenters. The van der Waals surface area contributed by atoms with Gasteiger partial charge >= 0.3 is 0 Å². The summed E-state index contributed by atoms with van der Waals surface area (Å²) in [5.41, 5.74) is 0.831. The Morgan fingerprint density at radius 3 is 3.00 bits per heavy atom. The van der Waals surface area contributed by atoms with Gasteiger partial charge in [0.25, 0.3) is 0 Å². The second-order valence-corrected chi connectivity index (χ2v) is 1.90. The normalized spacial score (nSPS) is 10.0. The maximum absolute atomic E-state index is 3.95. The van der Waals surface area contributed by atoms with Gasteiger partial charge in [-0.05, 0) is 12.1 Å². The van der Waals surface area contributed by atoms with Crippen LogP contribution in [-0.2, 0) is 0 Å². The van der Waals surface area contributed by atoms with E-state index in [4.69, 9.17) is 0 Å². The van der Waals surface area contributed by atoms with Crippen molar-refractivity contribution in [3.05, 3.63) is 30.7 Å². The van der Waals surface area contributed by atoms with Gasteiger partial charge in [0.2, 0.25) is 0 Å². The van der Waals surface area contributed by atoms with Crippen LogP contribution in [0.2, 0.25) is 0 Å². The van der Waals surface area contributed by atoms with E-state index in [1.54, 1.807) is 18.5 Å². The molecule has 0 saturated carbocycles. The number of rotatable bonds is 0. The fourth-order valence-corrected chi connectivity index (χ4v) is 0.780. The van der Waals surface area contributed by atoms with E-state index < -0.39 is 0 Å². The molecule has 0 spiro atoms. The highest BCUT2D eigenvalue weighted by atomic mass is 15.1. The second-order valence-electron chi connectivity index (χ2n) is 1.90. The number of hydrogen-bond donors (Lipinski definition) is 0. The number of nitrogens with zero attached hydrogens (tertiary/aromatic N) is 3. The molecule has 0 aliphatic carbocycles. The third-order valence-corrected chi connectivity index (χ3v) is 1.26. The fraction of sp³-hybridized carbons (Fsp3) is 0. The van der Waals surface area contributed by atoms with Crippen molar-refractivity contribution < 1.29 is 0 Å². The molecule has 0 unspecified atom stereocenters. The van der Waals surface area contributed by atoms with Crippen LogP contribution in [0.3, 0.4) is 0 Å². The average molecular weight is 130 g/mol. The Labute approximate surface area is 57.7 Å². The molecule has 10 heavy (non-hydrogen) atoms. The molecule has 2 aromatic rings. The molecule has 2 heterocycles. The summed E-state index contributed by atoms with van der Waals surface area (Å²) in [4.78, 5) is 3.95. The van der Waals surface area contributed by atoms with Crippen LogP contribution >= 0.6 is 0 Å². The fourth-order valence-electron chi connectivity index (χ4n) is 0.780. The minimum absolute atomic E-state index is 0.831. The van der Waals surface area contributed by atoms with Crippen molar-refractivity contribution in [1.82, 2.24) is 15.2 Å².